The van der Waals surface area contributed by atoms with Crippen molar-refractivity contribution < 1.29 is 24.0 Å². The van der Waals surface area contributed by atoms with E-state index in [4.69, 9.17) is 24.0 Å². The minimum Gasteiger partial charge on any atom is -0.355 e. The van der Waals surface area contributed by atoms with E-state index in [9.17, 15) is 0 Å². The predicted molar refractivity (Wildman–Crippen MR) is 73.8 cm³/mol. The van der Waals surface area contributed by atoms with Gasteiger partial charge in [0.1, 0.15) is 0 Å². The summed E-state index contributed by atoms with van der Waals surface area (Å²) in [5.41, 5.74) is -0.470. The van der Waals surface area contributed by atoms with Crippen LogP contribution < -0.4 is 0 Å². The highest BCUT2D eigenvalue weighted by atomic mass is 17.3. The number of methoxy groups -OCH3 is 1. The Kier molecular flexibility index (Phi) is 3.19. The molecule has 2 unspecified atom stereocenters. The maximum atomic E-state index is 6.21. The minimum atomic E-state index is -0.698. The Morgan fingerprint density at radius 1 is 1.05 bits per heavy atom. The van der Waals surface area contributed by atoms with E-state index in [-0.39, 0.29) is 12.2 Å². The highest BCUT2D eigenvalue weighted by Crippen LogP contribution is 2.60. The lowest BCUT2D eigenvalue weighted by Crippen LogP contribution is -2.70. The first-order chi connectivity index (χ1) is 10.00. The van der Waals surface area contributed by atoms with Crippen LogP contribution in [0.25, 0.3) is 0 Å². The molecule has 0 aromatic carbocycles. The van der Waals surface area contributed by atoms with Gasteiger partial charge in [-0.2, -0.15) is 0 Å². The first-order valence-electron chi connectivity index (χ1n) is 8.23. The van der Waals surface area contributed by atoms with Gasteiger partial charge in [-0.1, -0.05) is 13.8 Å². The average molecular weight is 298 g/mol. The SMILES string of the molecule is COC1OC2O[C@]3(C)CC[C@H]4[C@H](C)CC[C@@H]([C@H]1C)[C@@]24OO3. The second-order valence-corrected chi connectivity index (χ2v) is 7.51. The largest absolute Gasteiger partial charge is 0.355 e. The molecule has 21 heavy (non-hydrogen) atoms. The highest BCUT2D eigenvalue weighted by Gasteiger charge is 2.69. The van der Waals surface area contributed by atoms with E-state index >= 15 is 0 Å². The molecule has 4 aliphatic heterocycles. The van der Waals surface area contributed by atoms with E-state index < -0.39 is 17.7 Å². The lowest BCUT2D eigenvalue weighted by Gasteiger charge is -2.60. The fourth-order valence-corrected chi connectivity index (χ4v) is 5.14. The summed E-state index contributed by atoms with van der Waals surface area (Å²) in [6.45, 7) is 6.46. The third-order valence-electron chi connectivity index (χ3n) is 6.33. The highest BCUT2D eigenvalue weighted by molar-refractivity contribution is 5.08. The van der Waals surface area contributed by atoms with Gasteiger partial charge in [0, 0.05) is 25.4 Å². The molecule has 0 aromatic rings. The van der Waals surface area contributed by atoms with Crippen molar-refractivity contribution in [2.45, 2.75) is 70.4 Å². The second kappa shape index (κ2) is 4.65. The lowest BCUT2D eigenvalue weighted by molar-refractivity contribution is -0.577. The van der Waals surface area contributed by atoms with E-state index in [1.165, 1.54) is 6.42 Å². The molecule has 5 rings (SSSR count). The zero-order chi connectivity index (χ0) is 14.8. The van der Waals surface area contributed by atoms with Gasteiger partial charge in [-0.3, -0.25) is 0 Å². The fourth-order valence-electron chi connectivity index (χ4n) is 5.14. The van der Waals surface area contributed by atoms with E-state index in [2.05, 4.69) is 13.8 Å². The Bertz CT molecular complexity index is 429. The standard InChI is InChI=1S/C16H26O5/c1-9-5-6-12-10(2)13(17-4)18-14-16(12)11(9)7-8-15(3,19-14)20-21-16/h9-14H,5-8H2,1-4H3/t9-,10-,11+,12+,13?,14?,15+,16-/m1/s1. The van der Waals surface area contributed by atoms with E-state index in [0.29, 0.717) is 17.8 Å². The zero-order valence-electron chi connectivity index (χ0n) is 13.3. The lowest BCUT2D eigenvalue weighted by atomic mass is 9.58. The molecule has 8 atom stereocenters. The van der Waals surface area contributed by atoms with Gasteiger partial charge in [0.05, 0.1) is 0 Å². The summed E-state index contributed by atoms with van der Waals surface area (Å²) in [6.07, 6.45) is 3.64. The number of hydrogen-bond donors (Lipinski definition) is 0. The van der Waals surface area contributed by atoms with Crippen molar-refractivity contribution in [1.29, 1.82) is 0 Å². The van der Waals surface area contributed by atoms with Crippen LogP contribution in [0.1, 0.15) is 46.5 Å². The van der Waals surface area contributed by atoms with Crippen LogP contribution in [0.3, 0.4) is 0 Å². The summed E-state index contributed by atoms with van der Waals surface area (Å²) in [5, 5.41) is 0. The van der Waals surface area contributed by atoms with Crippen molar-refractivity contribution in [1.82, 2.24) is 0 Å². The summed E-state index contributed by atoms with van der Waals surface area (Å²) < 4.78 is 17.9. The van der Waals surface area contributed by atoms with Crippen LogP contribution >= 0.6 is 0 Å². The third-order valence-corrected chi connectivity index (χ3v) is 6.33. The van der Waals surface area contributed by atoms with Crippen molar-refractivity contribution in [3.05, 3.63) is 0 Å². The van der Waals surface area contributed by atoms with Crippen molar-refractivity contribution in [2.24, 2.45) is 23.7 Å². The molecular formula is C16H26O5. The van der Waals surface area contributed by atoms with Crippen LogP contribution in [0.2, 0.25) is 0 Å². The molecule has 2 bridgehead atoms. The van der Waals surface area contributed by atoms with Gasteiger partial charge in [0.25, 0.3) is 0 Å². The quantitative estimate of drug-likeness (QED) is 0.697. The Hall–Kier alpha value is -0.200. The molecule has 1 saturated carbocycles. The Balaban J connectivity index is 1.79. The van der Waals surface area contributed by atoms with Gasteiger partial charge in [0.15, 0.2) is 18.2 Å². The summed E-state index contributed by atoms with van der Waals surface area (Å²) in [5.74, 6) is 0.953. The van der Waals surface area contributed by atoms with Crippen LogP contribution in [0.4, 0.5) is 0 Å². The first kappa shape index (κ1) is 14.4. The van der Waals surface area contributed by atoms with Gasteiger partial charge < -0.3 is 14.2 Å². The molecule has 5 heteroatoms. The van der Waals surface area contributed by atoms with Crippen molar-refractivity contribution >= 4 is 0 Å². The predicted octanol–water partition coefficient (Wildman–Crippen LogP) is 2.84. The van der Waals surface area contributed by atoms with Gasteiger partial charge in [-0.15, -0.1) is 0 Å². The zero-order valence-corrected chi connectivity index (χ0v) is 13.3. The smallest absolute Gasteiger partial charge is 0.201 e. The minimum absolute atomic E-state index is 0.230. The molecule has 0 aromatic heterocycles. The molecular weight excluding hydrogens is 272 g/mol. The maximum absolute atomic E-state index is 6.21. The van der Waals surface area contributed by atoms with Gasteiger partial charge in [-0.25, -0.2) is 9.78 Å². The van der Waals surface area contributed by atoms with Crippen molar-refractivity contribution in [3.63, 3.8) is 0 Å². The first-order valence-corrected chi connectivity index (χ1v) is 8.23. The summed E-state index contributed by atoms with van der Waals surface area (Å²) in [7, 11) is 1.70. The molecule has 5 aliphatic rings. The normalized spacial score (nSPS) is 59.4. The van der Waals surface area contributed by atoms with E-state index in [1.54, 1.807) is 7.11 Å². The van der Waals surface area contributed by atoms with Crippen LogP contribution in [0, 0.1) is 23.7 Å². The summed E-state index contributed by atoms with van der Waals surface area (Å²) in [4.78, 5) is 11.8. The molecule has 1 spiro atoms. The van der Waals surface area contributed by atoms with E-state index in [1.807, 2.05) is 6.92 Å². The van der Waals surface area contributed by atoms with Crippen LogP contribution in [0.15, 0.2) is 0 Å². The molecule has 0 radical (unpaired) electrons. The second-order valence-electron chi connectivity index (χ2n) is 7.51. The monoisotopic (exact) mass is 298 g/mol. The molecule has 1 aliphatic carbocycles. The Morgan fingerprint density at radius 3 is 2.62 bits per heavy atom. The van der Waals surface area contributed by atoms with Crippen LogP contribution in [-0.2, 0) is 24.0 Å². The third kappa shape index (κ3) is 1.81. The van der Waals surface area contributed by atoms with Gasteiger partial charge in [0.2, 0.25) is 5.79 Å². The number of ether oxygens (including phenoxy) is 3. The van der Waals surface area contributed by atoms with Crippen molar-refractivity contribution in [2.75, 3.05) is 7.11 Å². The summed E-state index contributed by atoms with van der Waals surface area (Å²) in [6, 6.07) is 0. The Morgan fingerprint density at radius 2 is 1.86 bits per heavy atom. The number of fused-ring (bicyclic) bond motifs is 2. The summed E-state index contributed by atoms with van der Waals surface area (Å²) >= 11 is 0. The van der Waals surface area contributed by atoms with E-state index in [0.717, 1.165) is 19.3 Å². The molecule has 5 nitrogen and oxygen atoms in total. The molecule has 4 saturated heterocycles. The molecule has 120 valence electrons. The fraction of sp³-hybridized carbons (Fsp3) is 1.00. The van der Waals surface area contributed by atoms with Crippen LogP contribution in [-0.4, -0.2) is 31.1 Å². The topological polar surface area (TPSA) is 46.2 Å². The number of hydrogen-bond acceptors (Lipinski definition) is 5. The number of rotatable bonds is 1. The molecule has 4 heterocycles. The Labute approximate surface area is 126 Å². The molecule has 5 fully saturated rings. The van der Waals surface area contributed by atoms with Crippen molar-refractivity contribution in [3.8, 4) is 0 Å². The average Bonchev–Trinajstić information content (AvgIpc) is 2.69. The molecule has 0 amide bonds. The molecule has 0 N–H and O–H groups in total. The van der Waals surface area contributed by atoms with Gasteiger partial charge >= 0.3 is 0 Å². The van der Waals surface area contributed by atoms with Crippen LogP contribution in [0.5, 0.6) is 0 Å². The van der Waals surface area contributed by atoms with Gasteiger partial charge in [-0.05, 0) is 38.0 Å². The maximum Gasteiger partial charge on any atom is 0.201 e.